The van der Waals surface area contributed by atoms with Gasteiger partial charge in [-0.2, -0.15) is 0 Å². The lowest BCUT2D eigenvalue weighted by atomic mass is 9.80. The van der Waals surface area contributed by atoms with Crippen molar-refractivity contribution in [3.05, 3.63) is 0 Å². The molecule has 3 unspecified atom stereocenters. The maximum Gasteiger partial charge on any atom is 0.315 e. The van der Waals surface area contributed by atoms with E-state index in [1.807, 2.05) is 20.8 Å². The highest BCUT2D eigenvalue weighted by molar-refractivity contribution is 5.94. The van der Waals surface area contributed by atoms with Gasteiger partial charge in [0.2, 0.25) is 11.8 Å². The fraction of sp³-hybridized carbons (Fsp3) is 0.810. The molecule has 0 aromatic heterocycles. The number of ketones is 1. The Balaban J connectivity index is 2.09. The zero-order chi connectivity index (χ0) is 21.8. The smallest absolute Gasteiger partial charge is 0.315 e. The minimum Gasteiger partial charge on any atom is -0.345 e. The van der Waals surface area contributed by atoms with Crippen molar-refractivity contribution in [1.29, 1.82) is 0 Å². The number of hydrogen-bond donors (Lipinski definition) is 3. The van der Waals surface area contributed by atoms with E-state index < -0.39 is 29.6 Å². The van der Waals surface area contributed by atoms with Crippen molar-refractivity contribution in [2.75, 3.05) is 13.6 Å². The van der Waals surface area contributed by atoms with Crippen LogP contribution in [-0.2, 0) is 14.4 Å². The minimum absolute atomic E-state index is 0.0463. The van der Waals surface area contributed by atoms with Crippen LogP contribution in [0.1, 0.15) is 66.2 Å². The molecule has 1 saturated carbocycles. The number of carbonyl (C=O) groups excluding carboxylic acids is 4. The Kier molecular flexibility index (Phi) is 7.66. The van der Waals surface area contributed by atoms with Gasteiger partial charge in [0.05, 0.1) is 6.04 Å². The lowest BCUT2D eigenvalue weighted by Crippen LogP contribution is -2.59. The monoisotopic (exact) mass is 408 g/mol. The van der Waals surface area contributed by atoms with Crippen LogP contribution in [0.5, 0.6) is 0 Å². The van der Waals surface area contributed by atoms with Crippen LogP contribution in [-0.4, -0.2) is 60.2 Å². The van der Waals surface area contributed by atoms with Crippen molar-refractivity contribution in [2.24, 2.45) is 11.3 Å². The van der Waals surface area contributed by atoms with Crippen molar-refractivity contribution in [2.45, 2.75) is 84.3 Å². The van der Waals surface area contributed by atoms with Gasteiger partial charge in [0.1, 0.15) is 12.1 Å². The minimum atomic E-state index is -0.755. The summed E-state index contributed by atoms with van der Waals surface area (Å²) >= 11 is 0. The first-order chi connectivity index (χ1) is 13.5. The number of nitrogens with one attached hydrogen (secondary N) is 3. The van der Waals surface area contributed by atoms with Crippen LogP contribution in [0.4, 0.5) is 4.79 Å². The number of nitrogens with zero attached hydrogens (tertiary/aromatic N) is 1. The zero-order valence-electron chi connectivity index (χ0n) is 18.3. The zero-order valence-corrected chi connectivity index (χ0v) is 18.3. The second-order valence-electron chi connectivity index (χ2n) is 9.42. The molecule has 0 aromatic rings. The predicted octanol–water partition coefficient (Wildman–Crippen LogP) is 1.59. The van der Waals surface area contributed by atoms with Crippen LogP contribution < -0.4 is 16.0 Å². The van der Waals surface area contributed by atoms with Gasteiger partial charge in [-0.3, -0.25) is 14.4 Å². The fourth-order valence-corrected chi connectivity index (χ4v) is 3.98. The lowest BCUT2D eigenvalue weighted by molar-refractivity contribution is -0.142. The number of hydrogen-bond acceptors (Lipinski definition) is 4. The lowest BCUT2D eigenvalue weighted by Gasteiger charge is -2.36. The number of amides is 4. The van der Waals surface area contributed by atoms with Crippen LogP contribution in [0.15, 0.2) is 0 Å². The molecule has 1 saturated heterocycles. The number of rotatable bonds is 7. The highest BCUT2D eigenvalue weighted by atomic mass is 16.2. The Hall–Kier alpha value is -2.12. The quantitative estimate of drug-likeness (QED) is 0.594. The van der Waals surface area contributed by atoms with E-state index in [9.17, 15) is 19.2 Å². The van der Waals surface area contributed by atoms with Crippen LogP contribution in [0.2, 0.25) is 0 Å². The Morgan fingerprint density at radius 3 is 2.17 bits per heavy atom. The summed E-state index contributed by atoms with van der Waals surface area (Å²) < 4.78 is 0. The molecule has 164 valence electrons. The molecule has 0 radical (unpaired) electrons. The SMILES string of the molecule is CNC(=O)NC(C(=O)N1CCCC1C(=O)NC(CC1CCC1)C(C)=O)C(C)(C)C. The number of Topliss-reactive ketones (excluding diaryl/α,β-unsaturated/α-hetero) is 1. The molecule has 1 heterocycles. The second kappa shape index (κ2) is 9.59. The summed E-state index contributed by atoms with van der Waals surface area (Å²) in [6.07, 6.45) is 5.33. The van der Waals surface area contributed by atoms with Crippen LogP contribution in [0.3, 0.4) is 0 Å². The molecule has 2 aliphatic rings. The summed E-state index contributed by atoms with van der Waals surface area (Å²) in [5.74, 6) is -0.0948. The van der Waals surface area contributed by atoms with Crippen molar-refractivity contribution in [3.8, 4) is 0 Å². The van der Waals surface area contributed by atoms with E-state index in [0.717, 1.165) is 12.8 Å². The third kappa shape index (κ3) is 5.93. The highest BCUT2D eigenvalue weighted by Gasteiger charge is 2.42. The molecule has 2 rings (SSSR count). The van der Waals surface area contributed by atoms with E-state index in [4.69, 9.17) is 0 Å². The fourth-order valence-electron chi connectivity index (χ4n) is 3.98. The predicted molar refractivity (Wildman–Crippen MR) is 110 cm³/mol. The van der Waals surface area contributed by atoms with Gasteiger partial charge in [-0.05, 0) is 37.5 Å². The van der Waals surface area contributed by atoms with Crippen molar-refractivity contribution >= 4 is 23.6 Å². The topological polar surface area (TPSA) is 108 Å². The maximum atomic E-state index is 13.2. The van der Waals surface area contributed by atoms with Gasteiger partial charge >= 0.3 is 6.03 Å². The molecule has 0 bridgehead atoms. The average molecular weight is 409 g/mol. The molecule has 8 heteroatoms. The van der Waals surface area contributed by atoms with Gasteiger partial charge in [0, 0.05) is 13.6 Å². The molecule has 1 aliphatic heterocycles. The van der Waals surface area contributed by atoms with Gasteiger partial charge < -0.3 is 20.9 Å². The molecule has 3 N–H and O–H groups in total. The summed E-state index contributed by atoms with van der Waals surface area (Å²) in [5, 5.41) is 8.08. The molecular formula is C21H36N4O4. The Morgan fingerprint density at radius 1 is 1.03 bits per heavy atom. The average Bonchev–Trinajstić information content (AvgIpc) is 3.09. The Bertz CT molecular complexity index is 639. The summed E-state index contributed by atoms with van der Waals surface area (Å²) in [6.45, 7) is 7.60. The standard InChI is InChI=1S/C21H36N4O4/c1-13(26)15(12-14-8-6-9-14)23-18(27)16-10-7-11-25(16)19(28)17(21(2,3)4)24-20(29)22-5/h14-17H,6-12H2,1-5H3,(H,23,27)(H2,22,24,29). The number of urea groups is 1. The van der Waals surface area contributed by atoms with E-state index in [0.29, 0.717) is 31.7 Å². The van der Waals surface area contributed by atoms with Gasteiger partial charge in [0.15, 0.2) is 5.78 Å². The van der Waals surface area contributed by atoms with Gasteiger partial charge in [0.25, 0.3) is 0 Å². The molecule has 0 spiro atoms. The molecule has 2 fully saturated rings. The summed E-state index contributed by atoms with van der Waals surface area (Å²) in [5.41, 5.74) is -0.515. The normalized spacial score (nSPS) is 21.7. The molecule has 29 heavy (non-hydrogen) atoms. The summed E-state index contributed by atoms with van der Waals surface area (Å²) in [4.78, 5) is 51.6. The van der Waals surface area contributed by atoms with E-state index in [-0.39, 0.29) is 17.6 Å². The first kappa shape index (κ1) is 23.2. The summed E-state index contributed by atoms with van der Waals surface area (Å²) in [6, 6.07) is -2.29. The van der Waals surface area contributed by atoms with Crippen molar-refractivity contribution in [1.82, 2.24) is 20.9 Å². The van der Waals surface area contributed by atoms with E-state index in [1.54, 1.807) is 4.90 Å². The number of likely N-dealkylation sites (tertiary alicyclic amines) is 1. The van der Waals surface area contributed by atoms with E-state index in [2.05, 4.69) is 16.0 Å². The first-order valence-electron chi connectivity index (χ1n) is 10.6. The molecule has 1 aliphatic carbocycles. The second-order valence-corrected chi connectivity index (χ2v) is 9.42. The molecule has 8 nitrogen and oxygen atoms in total. The Morgan fingerprint density at radius 2 is 1.69 bits per heavy atom. The highest BCUT2D eigenvalue weighted by Crippen LogP contribution is 2.31. The number of carbonyl (C=O) groups is 4. The molecular weight excluding hydrogens is 372 g/mol. The van der Waals surface area contributed by atoms with Gasteiger partial charge in [-0.15, -0.1) is 0 Å². The van der Waals surface area contributed by atoms with Crippen LogP contribution >= 0.6 is 0 Å². The van der Waals surface area contributed by atoms with Gasteiger partial charge in [-0.25, -0.2) is 4.79 Å². The molecule has 0 aromatic carbocycles. The first-order valence-corrected chi connectivity index (χ1v) is 10.6. The largest absolute Gasteiger partial charge is 0.345 e. The van der Waals surface area contributed by atoms with E-state index >= 15 is 0 Å². The van der Waals surface area contributed by atoms with Crippen molar-refractivity contribution in [3.63, 3.8) is 0 Å². The molecule has 4 amide bonds. The van der Waals surface area contributed by atoms with Crippen molar-refractivity contribution < 1.29 is 19.2 Å². The van der Waals surface area contributed by atoms with E-state index in [1.165, 1.54) is 20.4 Å². The molecule has 3 atom stereocenters. The van der Waals surface area contributed by atoms with Gasteiger partial charge in [-0.1, -0.05) is 40.0 Å². The maximum absolute atomic E-state index is 13.2. The Labute approximate surface area is 173 Å². The van der Waals surface area contributed by atoms with Crippen LogP contribution in [0.25, 0.3) is 0 Å². The third-order valence-corrected chi connectivity index (χ3v) is 6.05. The summed E-state index contributed by atoms with van der Waals surface area (Å²) in [7, 11) is 1.50. The third-order valence-electron chi connectivity index (χ3n) is 6.05. The van der Waals surface area contributed by atoms with Crippen LogP contribution in [0, 0.1) is 11.3 Å².